The SMILES string of the molecule is O=C(NCC1CCN(C(=O)OCc2ccccc2)CC1)c1ccc(O)c(F)c1. The van der Waals surface area contributed by atoms with E-state index in [-0.39, 0.29) is 30.1 Å². The van der Waals surface area contributed by atoms with E-state index in [2.05, 4.69) is 5.32 Å². The summed E-state index contributed by atoms with van der Waals surface area (Å²) in [4.78, 5) is 25.9. The van der Waals surface area contributed by atoms with Gasteiger partial charge >= 0.3 is 6.09 Å². The number of carbonyl (C=O) groups excluding carboxylic acids is 2. The summed E-state index contributed by atoms with van der Waals surface area (Å²) in [5.74, 6) is -1.45. The van der Waals surface area contributed by atoms with E-state index in [9.17, 15) is 19.1 Å². The zero-order valence-corrected chi connectivity index (χ0v) is 15.4. The molecule has 0 saturated carbocycles. The number of ether oxygens (including phenoxy) is 1. The molecule has 7 heteroatoms. The number of nitrogens with zero attached hydrogens (tertiary/aromatic N) is 1. The Morgan fingerprint density at radius 2 is 1.86 bits per heavy atom. The molecular formula is C21H23FN2O4. The van der Waals surface area contributed by atoms with Gasteiger partial charge in [-0.15, -0.1) is 0 Å². The lowest BCUT2D eigenvalue weighted by atomic mass is 9.97. The van der Waals surface area contributed by atoms with Crippen LogP contribution in [0.2, 0.25) is 0 Å². The van der Waals surface area contributed by atoms with E-state index in [4.69, 9.17) is 4.74 Å². The van der Waals surface area contributed by atoms with E-state index in [1.807, 2.05) is 30.3 Å². The van der Waals surface area contributed by atoms with Crippen molar-refractivity contribution in [3.05, 3.63) is 65.5 Å². The first-order chi connectivity index (χ1) is 13.5. The molecule has 28 heavy (non-hydrogen) atoms. The Morgan fingerprint density at radius 3 is 2.54 bits per heavy atom. The number of hydrogen-bond donors (Lipinski definition) is 2. The van der Waals surface area contributed by atoms with Crippen LogP contribution in [0.1, 0.15) is 28.8 Å². The minimum absolute atomic E-state index is 0.164. The van der Waals surface area contributed by atoms with Crippen molar-refractivity contribution in [2.24, 2.45) is 5.92 Å². The van der Waals surface area contributed by atoms with Crippen LogP contribution in [0.3, 0.4) is 0 Å². The number of rotatable bonds is 5. The molecule has 6 nitrogen and oxygen atoms in total. The zero-order valence-electron chi connectivity index (χ0n) is 15.4. The molecular weight excluding hydrogens is 363 g/mol. The maximum atomic E-state index is 13.3. The first kappa shape index (κ1) is 19.7. The Balaban J connectivity index is 1.39. The van der Waals surface area contributed by atoms with Gasteiger partial charge < -0.3 is 20.1 Å². The van der Waals surface area contributed by atoms with Crippen LogP contribution >= 0.6 is 0 Å². The van der Waals surface area contributed by atoms with Crippen LogP contribution in [0, 0.1) is 11.7 Å². The Kier molecular flexibility index (Phi) is 6.47. The van der Waals surface area contributed by atoms with Gasteiger partial charge in [0.1, 0.15) is 6.61 Å². The molecule has 148 valence electrons. The molecule has 0 radical (unpaired) electrons. The largest absolute Gasteiger partial charge is 0.505 e. The van der Waals surface area contributed by atoms with Crippen molar-refractivity contribution in [1.82, 2.24) is 10.2 Å². The first-order valence-corrected chi connectivity index (χ1v) is 9.25. The highest BCUT2D eigenvalue weighted by molar-refractivity contribution is 5.94. The molecule has 2 amide bonds. The van der Waals surface area contributed by atoms with Gasteiger partial charge in [-0.1, -0.05) is 30.3 Å². The van der Waals surface area contributed by atoms with Gasteiger partial charge in [0.05, 0.1) is 0 Å². The van der Waals surface area contributed by atoms with Crippen molar-refractivity contribution in [1.29, 1.82) is 0 Å². The number of carbonyl (C=O) groups is 2. The molecule has 1 saturated heterocycles. The molecule has 2 N–H and O–H groups in total. The van der Waals surface area contributed by atoms with E-state index in [1.165, 1.54) is 6.07 Å². The lowest BCUT2D eigenvalue weighted by Crippen LogP contribution is -2.41. The molecule has 1 heterocycles. The van der Waals surface area contributed by atoms with Gasteiger partial charge in [-0.25, -0.2) is 9.18 Å². The number of phenols is 1. The Morgan fingerprint density at radius 1 is 1.14 bits per heavy atom. The summed E-state index contributed by atoms with van der Waals surface area (Å²) in [5, 5.41) is 12.0. The maximum absolute atomic E-state index is 13.3. The third-order valence-electron chi connectivity index (χ3n) is 4.84. The molecule has 0 aromatic heterocycles. The minimum Gasteiger partial charge on any atom is -0.505 e. The first-order valence-electron chi connectivity index (χ1n) is 9.25. The van der Waals surface area contributed by atoms with Gasteiger partial charge in [0, 0.05) is 25.2 Å². The second-order valence-corrected chi connectivity index (χ2v) is 6.85. The predicted molar refractivity (Wildman–Crippen MR) is 101 cm³/mol. The lowest BCUT2D eigenvalue weighted by Gasteiger charge is -2.31. The summed E-state index contributed by atoms with van der Waals surface area (Å²) in [6.45, 7) is 1.84. The monoisotopic (exact) mass is 386 g/mol. The molecule has 1 aliphatic heterocycles. The normalized spacial score (nSPS) is 14.5. The summed E-state index contributed by atoms with van der Waals surface area (Å²) in [7, 11) is 0. The second-order valence-electron chi connectivity index (χ2n) is 6.85. The van der Waals surface area contributed by atoms with E-state index < -0.39 is 11.6 Å². The fourth-order valence-electron chi connectivity index (χ4n) is 3.12. The maximum Gasteiger partial charge on any atom is 0.410 e. The van der Waals surface area contributed by atoms with Gasteiger partial charge in [0.15, 0.2) is 11.6 Å². The second kappa shape index (κ2) is 9.21. The minimum atomic E-state index is -0.824. The Hall–Kier alpha value is -3.09. The van der Waals surface area contributed by atoms with Crippen LogP contribution < -0.4 is 5.32 Å². The Bertz CT molecular complexity index is 820. The van der Waals surface area contributed by atoms with Crippen LogP contribution in [0.25, 0.3) is 0 Å². The van der Waals surface area contributed by atoms with Crippen molar-refractivity contribution < 1.29 is 23.8 Å². The number of benzene rings is 2. The smallest absolute Gasteiger partial charge is 0.410 e. The highest BCUT2D eigenvalue weighted by atomic mass is 19.1. The predicted octanol–water partition coefficient (Wildman–Crippen LogP) is 3.31. The van der Waals surface area contributed by atoms with E-state index in [0.717, 1.165) is 30.5 Å². The van der Waals surface area contributed by atoms with Crippen molar-refractivity contribution in [3.63, 3.8) is 0 Å². The van der Waals surface area contributed by atoms with Crippen molar-refractivity contribution in [3.8, 4) is 5.75 Å². The summed E-state index contributed by atoms with van der Waals surface area (Å²) in [6, 6.07) is 13.1. The van der Waals surface area contributed by atoms with Crippen molar-refractivity contribution in [2.45, 2.75) is 19.4 Å². The molecule has 0 bridgehead atoms. The van der Waals surface area contributed by atoms with Crippen molar-refractivity contribution in [2.75, 3.05) is 19.6 Å². The summed E-state index contributed by atoms with van der Waals surface area (Å²) in [6.07, 6.45) is 1.18. The number of piperidine rings is 1. The number of halogens is 1. The molecule has 2 aromatic rings. The summed E-state index contributed by atoms with van der Waals surface area (Å²) < 4.78 is 18.7. The molecule has 0 spiro atoms. The zero-order chi connectivity index (χ0) is 19.9. The molecule has 1 aliphatic rings. The highest BCUT2D eigenvalue weighted by Crippen LogP contribution is 2.19. The quantitative estimate of drug-likeness (QED) is 0.826. The third kappa shape index (κ3) is 5.22. The average molecular weight is 386 g/mol. The number of phenolic OH excluding ortho intramolecular Hbond substituents is 1. The van der Waals surface area contributed by atoms with Crippen LogP contribution in [-0.4, -0.2) is 41.6 Å². The number of amides is 2. The topological polar surface area (TPSA) is 78.9 Å². The molecule has 1 fully saturated rings. The van der Waals surface area contributed by atoms with Gasteiger partial charge in [-0.3, -0.25) is 4.79 Å². The number of aromatic hydroxyl groups is 1. The third-order valence-corrected chi connectivity index (χ3v) is 4.84. The highest BCUT2D eigenvalue weighted by Gasteiger charge is 2.24. The van der Waals surface area contributed by atoms with Gasteiger partial charge in [-0.2, -0.15) is 0 Å². The average Bonchev–Trinajstić information content (AvgIpc) is 2.73. The molecule has 2 aromatic carbocycles. The number of likely N-dealkylation sites (tertiary alicyclic amines) is 1. The summed E-state index contributed by atoms with van der Waals surface area (Å²) in [5.41, 5.74) is 1.11. The molecule has 0 aliphatic carbocycles. The Labute approximate surface area is 162 Å². The molecule has 0 unspecified atom stereocenters. The van der Waals surface area contributed by atoms with Crippen LogP contribution in [-0.2, 0) is 11.3 Å². The van der Waals surface area contributed by atoms with Crippen LogP contribution in [0.4, 0.5) is 9.18 Å². The number of hydrogen-bond acceptors (Lipinski definition) is 4. The van der Waals surface area contributed by atoms with Gasteiger partial charge in [0.2, 0.25) is 0 Å². The van der Waals surface area contributed by atoms with E-state index >= 15 is 0 Å². The molecule has 0 atom stereocenters. The van der Waals surface area contributed by atoms with Crippen LogP contribution in [0.15, 0.2) is 48.5 Å². The van der Waals surface area contributed by atoms with Crippen LogP contribution in [0.5, 0.6) is 5.75 Å². The van der Waals surface area contributed by atoms with Gasteiger partial charge in [-0.05, 0) is 42.5 Å². The molecule has 3 rings (SSSR count). The lowest BCUT2D eigenvalue weighted by molar-refractivity contribution is 0.0800. The summed E-state index contributed by atoms with van der Waals surface area (Å²) >= 11 is 0. The fourth-order valence-corrected chi connectivity index (χ4v) is 3.12. The van der Waals surface area contributed by atoms with E-state index in [0.29, 0.717) is 19.6 Å². The number of nitrogens with one attached hydrogen (secondary N) is 1. The van der Waals surface area contributed by atoms with E-state index in [1.54, 1.807) is 4.90 Å². The van der Waals surface area contributed by atoms with Crippen molar-refractivity contribution >= 4 is 12.0 Å². The standard InChI is InChI=1S/C21H23FN2O4/c22-18-12-17(6-7-19(18)25)20(26)23-13-15-8-10-24(11-9-15)21(27)28-14-16-4-2-1-3-5-16/h1-7,12,15,25H,8-11,13-14H2,(H,23,26). The fraction of sp³-hybridized carbons (Fsp3) is 0.333. The van der Waals surface area contributed by atoms with Gasteiger partial charge in [0.25, 0.3) is 5.91 Å².